The van der Waals surface area contributed by atoms with Crippen LogP contribution in [0.1, 0.15) is 23.2 Å². The van der Waals surface area contributed by atoms with Crippen LogP contribution in [-0.2, 0) is 0 Å². The van der Waals surface area contributed by atoms with Gasteiger partial charge in [-0.05, 0) is 30.7 Å². The van der Waals surface area contributed by atoms with Crippen molar-refractivity contribution in [1.29, 1.82) is 0 Å². The lowest BCUT2D eigenvalue weighted by molar-refractivity contribution is 0.0982. The topological polar surface area (TPSA) is 54.9 Å². The van der Waals surface area contributed by atoms with Crippen molar-refractivity contribution in [3.05, 3.63) is 35.6 Å². The molecule has 0 bridgehead atoms. The molecule has 0 saturated carbocycles. The third kappa shape index (κ3) is 4.28. The smallest absolute Gasteiger partial charge is 0.206 e. The number of hydrogen-bond acceptors (Lipinski definition) is 6. The van der Waals surface area contributed by atoms with Crippen molar-refractivity contribution in [3.63, 3.8) is 0 Å². The van der Waals surface area contributed by atoms with Gasteiger partial charge in [-0.25, -0.2) is 4.39 Å². The van der Waals surface area contributed by atoms with Gasteiger partial charge in [-0.1, -0.05) is 23.1 Å². The highest BCUT2D eigenvalue weighted by Crippen LogP contribution is 2.25. The molecule has 0 aliphatic heterocycles. The third-order valence-corrected chi connectivity index (χ3v) is 4.72. The lowest BCUT2D eigenvalue weighted by Gasteiger charge is -2.00. The van der Waals surface area contributed by atoms with Crippen molar-refractivity contribution < 1.29 is 9.18 Å². The molecular weight excluding hydrogens is 297 g/mol. The number of aromatic nitrogens is 2. The van der Waals surface area contributed by atoms with E-state index in [1.807, 2.05) is 0 Å². The Bertz CT molecular complexity index is 571. The quantitative estimate of drug-likeness (QED) is 0.482. The van der Waals surface area contributed by atoms with Gasteiger partial charge < -0.3 is 5.32 Å². The van der Waals surface area contributed by atoms with E-state index in [4.69, 9.17) is 0 Å². The molecule has 1 aromatic heterocycles. The average molecular weight is 311 g/mol. The summed E-state index contributed by atoms with van der Waals surface area (Å²) in [7, 11) is 1.80. The summed E-state index contributed by atoms with van der Waals surface area (Å²) < 4.78 is 13.6. The van der Waals surface area contributed by atoms with Crippen LogP contribution in [0.15, 0.2) is 28.6 Å². The molecule has 0 fully saturated rings. The summed E-state index contributed by atoms with van der Waals surface area (Å²) in [5.41, 5.74) is 0.560. The van der Waals surface area contributed by atoms with E-state index in [1.54, 1.807) is 18.8 Å². The fourth-order valence-electron chi connectivity index (χ4n) is 1.54. The Balaban J connectivity index is 1.72. The summed E-state index contributed by atoms with van der Waals surface area (Å²) in [6.07, 6.45) is 1.21. The van der Waals surface area contributed by atoms with Crippen molar-refractivity contribution in [2.75, 3.05) is 18.1 Å². The zero-order valence-corrected chi connectivity index (χ0v) is 12.6. The monoisotopic (exact) mass is 311 g/mol. The number of anilines is 1. The molecule has 0 spiro atoms. The molecule has 2 rings (SSSR count). The summed E-state index contributed by atoms with van der Waals surface area (Å²) in [4.78, 5) is 11.9. The maximum atomic E-state index is 12.7. The first-order chi connectivity index (χ1) is 9.69. The fourth-order valence-corrected chi connectivity index (χ4v) is 3.26. The predicted octanol–water partition coefficient (Wildman–Crippen LogP) is 3.47. The van der Waals surface area contributed by atoms with Crippen molar-refractivity contribution in [2.24, 2.45) is 0 Å². The van der Waals surface area contributed by atoms with Gasteiger partial charge in [-0.15, -0.1) is 10.2 Å². The normalized spacial score (nSPS) is 10.5. The Kier molecular flexibility index (Phi) is 5.49. The van der Waals surface area contributed by atoms with Crippen LogP contribution in [0.4, 0.5) is 9.52 Å². The molecule has 0 amide bonds. The van der Waals surface area contributed by atoms with E-state index >= 15 is 0 Å². The minimum atomic E-state index is -0.325. The zero-order chi connectivity index (χ0) is 14.4. The molecule has 0 radical (unpaired) electrons. The molecule has 2 aromatic rings. The van der Waals surface area contributed by atoms with E-state index in [1.165, 1.54) is 35.6 Å². The Morgan fingerprint density at radius 1 is 1.35 bits per heavy atom. The Morgan fingerprint density at radius 3 is 2.75 bits per heavy atom. The van der Waals surface area contributed by atoms with Crippen molar-refractivity contribution in [1.82, 2.24) is 10.2 Å². The summed E-state index contributed by atoms with van der Waals surface area (Å²) in [5, 5.41) is 11.7. The van der Waals surface area contributed by atoms with Crippen LogP contribution >= 0.6 is 23.1 Å². The molecule has 0 aliphatic carbocycles. The van der Waals surface area contributed by atoms with E-state index in [2.05, 4.69) is 15.5 Å². The fraction of sp³-hybridized carbons (Fsp3) is 0.308. The molecule has 106 valence electrons. The van der Waals surface area contributed by atoms with Crippen molar-refractivity contribution in [2.45, 2.75) is 17.2 Å². The molecule has 0 aliphatic rings. The second-order valence-electron chi connectivity index (χ2n) is 4.01. The Morgan fingerprint density at radius 2 is 2.10 bits per heavy atom. The maximum absolute atomic E-state index is 12.7. The average Bonchev–Trinajstić information content (AvgIpc) is 2.92. The Labute approximate surface area is 124 Å². The van der Waals surface area contributed by atoms with Gasteiger partial charge in [-0.2, -0.15) is 0 Å². The molecule has 20 heavy (non-hydrogen) atoms. The first kappa shape index (κ1) is 14.9. The van der Waals surface area contributed by atoms with Crippen LogP contribution in [0.25, 0.3) is 0 Å². The van der Waals surface area contributed by atoms with Gasteiger partial charge in [0.15, 0.2) is 10.1 Å². The highest BCUT2D eigenvalue weighted by Gasteiger charge is 2.07. The molecule has 7 heteroatoms. The van der Waals surface area contributed by atoms with Crippen molar-refractivity contribution >= 4 is 34.0 Å². The van der Waals surface area contributed by atoms with Crippen LogP contribution in [0.5, 0.6) is 0 Å². The van der Waals surface area contributed by atoms with Gasteiger partial charge in [0.2, 0.25) is 5.13 Å². The van der Waals surface area contributed by atoms with Crippen molar-refractivity contribution in [3.8, 4) is 0 Å². The molecule has 0 unspecified atom stereocenters. The van der Waals surface area contributed by atoms with Crippen LogP contribution in [0.3, 0.4) is 0 Å². The number of ketones is 1. The van der Waals surface area contributed by atoms with Gasteiger partial charge in [0, 0.05) is 24.8 Å². The van der Waals surface area contributed by atoms with E-state index in [0.717, 1.165) is 21.6 Å². The van der Waals surface area contributed by atoms with E-state index in [-0.39, 0.29) is 11.6 Å². The zero-order valence-electron chi connectivity index (χ0n) is 10.9. The number of Topliss-reactive ketones (excluding diaryl/α,β-unsaturated/α-hetero) is 1. The minimum Gasteiger partial charge on any atom is -0.363 e. The second kappa shape index (κ2) is 7.35. The molecule has 4 nitrogen and oxygen atoms in total. The number of hydrogen-bond donors (Lipinski definition) is 1. The van der Waals surface area contributed by atoms with Crippen LogP contribution < -0.4 is 5.32 Å². The van der Waals surface area contributed by atoms with E-state index in [0.29, 0.717) is 12.0 Å². The SMILES string of the molecule is CNc1nnc(SCCCC(=O)c2ccc(F)cc2)s1. The van der Waals surface area contributed by atoms with Gasteiger partial charge in [0.25, 0.3) is 0 Å². The largest absolute Gasteiger partial charge is 0.363 e. The van der Waals surface area contributed by atoms with Gasteiger partial charge >= 0.3 is 0 Å². The number of carbonyl (C=O) groups is 1. The molecule has 1 N–H and O–H groups in total. The van der Waals surface area contributed by atoms with E-state index < -0.39 is 0 Å². The molecule has 0 saturated heterocycles. The molecular formula is C13H14FN3OS2. The molecule has 0 atom stereocenters. The van der Waals surface area contributed by atoms with Crippen LogP contribution in [0.2, 0.25) is 0 Å². The first-order valence-corrected chi connectivity index (χ1v) is 7.92. The Hall–Kier alpha value is -1.47. The summed E-state index contributed by atoms with van der Waals surface area (Å²) in [5.74, 6) is 0.526. The van der Waals surface area contributed by atoms with Crippen LogP contribution in [0, 0.1) is 5.82 Å². The maximum Gasteiger partial charge on any atom is 0.206 e. The number of benzene rings is 1. The summed E-state index contributed by atoms with van der Waals surface area (Å²) in [6.45, 7) is 0. The summed E-state index contributed by atoms with van der Waals surface area (Å²) >= 11 is 3.08. The van der Waals surface area contributed by atoms with Crippen LogP contribution in [-0.4, -0.2) is 28.8 Å². The lowest BCUT2D eigenvalue weighted by Crippen LogP contribution is -1.99. The highest BCUT2D eigenvalue weighted by atomic mass is 32.2. The first-order valence-electron chi connectivity index (χ1n) is 6.12. The number of thioether (sulfide) groups is 1. The molecule has 1 heterocycles. The standard InChI is InChI=1S/C13H14FN3OS2/c1-15-12-16-17-13(20-12)19-8-2-3-11(18)9-4-6-10(14)7-5-9/h4-7H,2-3,8H2,1H3,(H,15,16). The summed E-state index contributed by atoms with van der Waals surface area (Å²) in [6, 6.07) is 5.66. The number of rotatable bonds is 7. The predicted molar refractivity (Wildman–Crippen MR) is 80.1 cm³/mol. The number of carbonyl (C=O) groups excluding carboxylic acids is 1. The minimum absolute atomic E-state index is 0.0405. The third-order valence-electron chi connectivity index (χ3n) is 2.56. The highest BCUT2D eigenvalue weighted by molar-refractivity contribution is 8.01. The lowest BCUT2D eigenvalue weighted by atomic mass is 10.1. The molecule has 1 aromatic carbocycles. The number of nitrogens with zero attached hydrogens (tertiary/aromatic N) is 2. The number of nitrogens with one attached hydrogen (secondary N) is 1. The van der Waals surface area contributed by atoms with Gasteiger partial charge in [0.1, 0.15) is 5.82 Å². The van der Waals surface area contributed by atoms with Gasteiger partial charge in [0.05, 0.1) is 0 Å². The van der Waals surface area contributed by atoms with E-state index in [9.17, 15) is 9.18 Å². The van der Waals surface area contributed by atoms with Gasteiger partial charge in [-0.3, -0.25) is 4.79 Å². The number of halogens is 1. The second-order valence-corrected chi connectivity index (χ2v) is 6.32.